The number of carboxylic acids is 1. The molecule has 30 heavy (non-hydrogen) atoms. The quantitative estimate of drug-likeness (QED) is 0.450. The molecule has 0 radical (unpaired) electrons. The number of imidazole rings is 1. The molecule has 0 aliphatic rings. The normalized spacial score (nSPS) is 13.9. The van der Waals surface area contributed by atoms with Crippen LogP contribution in [0.15, 0.2) is 54.7 Å². The SMILES string of the molecule is [2H]C([2H])([2H])c1cnc(-c2ccc(C)cc2)n1Cc1ccccc1OCCC[C@@H](C)CC(=O)O. The zero-order chi connectivity index (χ0) is 24.0. The number of benzene rings is 2. The predicted octanol–water partition coefficient (Wildman–Crippen LogP) is 5.49. The van der Waals surface area contributed by atoms with Crippen molar-refractivity contribution in [1.82, 2.24) is 9.55 Å². The molecule has 0 spiro atoms. The first-order valence-corrected chi connectivity index (χ1v) is 10.2. The summed E-state index contributed by atoms with van der Waals surface area (Å²) in [4.78, 5) is 15.3. The maximum atomic E-state index is 10.8. The Hall–Kier alpha value is -3.08. The number of ether oxygens (including phenoxy) is 1. The lowest BCUT2D eigenvalue weighted by Crippen LogP contribution is -2.09. The van der Waals surface area contributed by atoms with E-state index in [-0.39, 0.29) is 18.0 Å². The first-order valence-electron chi connectivity index (χ1n) is 11.7. The molecule has 0 bridgehead atoms. The van der Waals surface area contributed by atoms with E-state index in [2.05, 4.69) is 4.98 Å². The van der Waals surface area contributed by atoms with Crippen LogP contribution in [0.2, 0.25) is 0 Å². The van der Waals surface area contributed by atoms with Gasteiger partial charge in [0, 0.05) is 33.6 Å². The lowest BCUT2D eigenvalue weighted by Gasteiger charge is -2.15. The third kappa shape index (κ3) is 5.72. The lowest BCUT2D eigenvalue weighted by atomic mass is 10.0. The van der Waals surface area contributed by atoms with Crippen molar-refractivity contribution in [3.05, 3.63) is 71.5 Å². The number of aryl methyl sites for hydroxylation is 2. The van der Waals surface area contributed by atoms with Gasteiger partial charge in [-0.25, -0.2) is 4.98 Å². The molecule has 0 saturated carbocycles. The van der Waals surface area contributed by atoms with Gasteiger partial charge in [-0.15, -0.1) is 0 Å². The van der Waals surface area contributed by atoms with E-state index in [0.29, 0.717) is 24.7 Å². The fourth-order valence-corrected chi connectivity index (χ4v) is 3.43. The Morgan fingerprint density at radius 3 is 2.73 bits per heavy atom. The number of aromatic nitrogens is 2. The standard InChI is InChI=1S/C25H30N2O3/c1-18-10-12-21(13-11-18)25-26-16-20(3)27(25)17-22-8-4-5-9-23(22)30-14-6-7-19(2)15-24(28)29/h4-5,8-13,16,19H,6-7,14-15,17H2,1-3H3,(H,28,29)/t19-/m1/s1/i3D3. The summed E-state index contributed by atoms with van der Waals surface area (Å²) in [7, 11) is 0. The average Bonchev–Trinajstić information content (AvgIpc) is 3.16. The molecule has 0 saturated heterocycles. The van der Waals surface area contributed by atoms with Crippen LogP contribution in [0.4, 0.5) is 0 Å². The maximum absolute atomic E-state index is 10.8. The summed E-state index contributed by atoms with van der Waals surface area (Å²) in [5.41, 5.74) is 2.99. The summed E-state index contributed by atoms with van der Waals surface area (Å²) in [6, 6.07) is 15.4. The second kappa shape index (κ2) is 10.1. The summed E-state index contributed by atoms with van der Waals surface area (Å²) in [6.07, 6.45) is 3.08. The number of carboxylic acid groups (broad SMARTS) is 1. The fraction of sp³-hybridized carbons (Fsp3) is 0.360. The monoisotopic (exact) mass is 409 g/mol. The third-order valence-corrected chi connectivity index (χ3v) is 5.09. The highest BCUT2D eigenvalue weighted by Crippen LogP contribution is 2.25. The van der Waals surface area contributed by atoms with Crippen molar-refractivity contribution < 1.29 is 18.8 Å². The van der Waals surface area contributed by atoms with Gasteiger partial charge >= 0.3 is 5.97 Å². The Bertz CT molecular complexity index is 1080. The molecular weight excluding hydrogens is 376 g/mol. The van der Waals surface area contributed by atoms with E-state index >= 15 is 0 Å². The molecule has 1 heterocycles. The molecule has 158 valence electrons. The van der Waals surface area contributed by atoms with Crippen LogP contribution >= 0.6 is 0 Å². The molecule has 0 aliphatic heterocycles. The average molecular weight is 410 g/mol. The van der Waals surface area contributed by atoms with Crippen molar-refractivity contribution >= 4 is 5.97 Å². The van der Waals surface area contributed by atoms with E-state index in [0.717, 1.165) is 29.5 Å². The van der Waals surface area contributed by atoms with E-state index < -0.39 is 12.8 Å². The molecule has 3 rings (SSSR count). The highest BCUT2D eigenvalue weighted by molar-refractivity contribution is 5.66. The van der Waals surface area contributed by atoms with Gasteiger partial charge in [0.25, 0.3) is 0 Å². The first kappa shape index (κ1) is 17.8. The third-order valence-electron chi connectivity index (χ3n) is 5.09. The Labute approximate surface area is 182 Å². The second-order valence-electron chi connectivity index (χ2n) is 7.72. The minimum atomic E-state index is -2.30. The van der Waals surface area contributed by atoms with Gasteiger partial charge in [-0.3, -0.25) is 4.79 Å². The van der Waals surface area contributed by atoms with Gasteiger partial charge in [-0.1, -0.05) is 55.0 Å². The molecule has 0 aliphatic carbocycles. The van der Waals surface area contributed by atoms with E-state index in [1.54, 1.807) is 4.57 Å². The smallest absolute Gasteiger partial charge is 0.303 e. The van der Waals surface area contributed by atoms with Crippen LogP contribution in [-0.4, -0.2) is 27.2 Å². The summed E-state index contributed by atoms with van der Waals surface area (Å²) < 4.78 is 31.6. The molecule has 5 nitrogen and oxygen atoms in total. The number of aliphatic carboxylic acids is 1. The zero-order valence-corrected chi connectivity index (χ0v) is 17.5. The topological polar surface area (TPSA) is 64.4 Å². The molecule has 0 amide bonds. The molecule has 1 atom stereocenters. The van der Waals surface area contributed by atoms with Crippen LogP contribution in [-0.2, 0) is 11.3 Å². The fourth-order valence-electron chi connectivity index (χ4n) is 3.43. The summed E-state index contributed by atoms with van der Waals surface area (Å²) in [5, 5.41) is 8.90. The summed E-state index contributed by atoms with van der Waals surface area (Å²) in [5.74, 6) is 0.580. The highest BCUT2D eigenvalue weighted by Gasteiger charge is 2.13. The van der Waals surface area contributed by atoms with Crippen molar-refractivity contribution in [3.8, 4) is 17.1 Å². The van der Waals surface area contributed by atoms with E-state index in [1.165, 1.54) is 6.20 Å². The van der Waals surface area contributed by atoms with Crippen molar-refractivity contribution in [2.75, 3.05) is 6.61 Å². The van der Waals surface area contributed by atoms with Crippen LogP contribution in [0.5, 0.6) is 5.75 Å². The molecule has 0 fully saturated rings. The number of nitrogens with zero attached hydrogens (tertiary/aromatic N) is 2. The van der Waals surface area contributed by atoms with Gasteiger partial charge < -0.3 is 14.4 Å². The molecule has 1 N–H and O–H groups in total. The highest BCUT2D eigenvalue weighted by atomic mass is 16.5. The van der Waals surface area contributed by atoms with Crippen molar-refractivity contribution in [2.45, 2.75) is 46.5 Å². The molecular formula is C25H30N2O3. The second-order valence-corrected chi connectivity index (χ2v) is 7.72. The largest absolute Gasteiger partial charge is 0.493 e. The maximum Gasteiger partial charge on any atom is 0.303 e. The lowest BCUT2D eigenvalue weighted by molar-refractivity contribution is -0.138. The number of carbonyl (C=O) groups is 1. The van der Waals surface area contributed by atoms with Crippen LogP contribution in [0, 0.1) is 19.7 Å². The van der Waals surface area contributed by atoms with Gasteiger partial charge in [0.15, 0.2) is 0 Å². The minimum Gasteiger partial charge on any atom is -0.493 e. The Morgan fingerprint density at radius 1 is 1.23 bits per heavy atom. The van der Waals surface area contributed by atoms with Crippen molar-refractivity contribution in [1.29, 1.82) is 0 Å². The Morgan fingerprint density at radius 2 is 2.00 bits per heavy atom. The van der Waals surface area contributed by atoms with Crippen molar-refractivity contribution in [3.63, 3.8) is 0 Å². The van der Waals surface area contributed by atoms with Gasteiger partial charge in [0.05, 0.1) is 13.2 Å². The van der Waals surface area contributed by atoms with Crippen LogP contribution < -0.4 is 4.74 Å². The van der Waals surface area contributed by atoms with Gasteiger partial charge in [0.2, 0.25) is 0 Å². The van der Waals surface area contributed by atoms with Crippen LogP contribution in [0.25, 0.3) is 11.4 Å². The molecule has 3 aromatic rings. The van der Waals surface area contributed by atoms with Crippen molar-refractivity contribution in [2.24, 2.45) is 5.92 Å². The zero-order valence-electron chi connectivity index (χ0n) is 20.5. The number of para-hydroxylation sites is 1. The summed E-state index contributed by atoms with van der Waals surface area (Å²) in [6.45, 7) is 2.39. The van der Waals surface area contributed by atoms with Crippen LogP contribution in [0.3, 0.4) is 0 Å². The molecule has 5 heteroatoms. The van der Waals surface area contributed by atoms with Gasteiger partial charge in [0.1, 0.15) is 11.6 Å². The predicted molar refractivity (Wildman–Crippen MR) is 119 cm³/mol. The van der Waals surface area contributed by atoms with Crippen LogP contribution in [0.1, 0.15) is 47.1 Å². The number of rotatable bonds is 10. The van der Waals surface area contributed by atoms with E-state index in [9.17, 15) is 4.79 Å². The molecule has 2 aromatic carbocycles. The Balaban J connectivity index is 1.81. The van der Waals surface area contributed by atoms with Gasteiger partial charge in [-0.2, -0.15) is 0 Å². The van der Waals surface area contributed by atoms with E-state index in [1.807, 2.05) is 62.4 Å². The molecule has 0 unspecified atom stereocenters. The number of hydrogen-bond acceptors (Lipinski definition) is 3. The Kier molecular flexibility index (Phi) is 5.98. The van der Waals surface area contributed by atoms with Gasteiger partial charge in [-0.05, 0) is 38.6 Å². The first-order chi connectivity index (χ1) is 15.6. The summed E-state index contributed by atoms with van der Waals surface area (Å²) >= 11 is 0. The molecule has 1 aromatic heterocycles. The minimum absolute atomic E-state index is 0.0891. The number of hydrogen-bond donors (Lipinski definition) is 1. The van der Waals surface area contributed by atoms with E-state index in [4.69, 9.17) is 14.0 Å².